The Kier molecular flexibility index (Phi) is 7.51. The Morgan fingerprint density at radius 3 is 2.52 bits per heavy atom. The molecule has 2 heterocycles. The largest absolute Gasteiger partial charge is 0.465 e. The predicted molar refractivity (Wildman–Crippen MR) is 119 cm³/mol. The number of hydrogen-bond donors (Lipinski definition) is 2. The minimum Gasteiger partial charge on any atom is -0.465 e. The molecule has 1 aliphatic rings. The summed E-state index contributed by atoms with van der Waals surface area (Å²) in [6, 6.07) is 7.65. The first-order valence-electron chi connectivity index (χ1n) is 10.4. The number of benzene rings is 1. The van der Waals surface area contributed by atoms with E-state index in [-0.39, 0.29) is 29.7 Å². The number of H-pyrrole nitrogens is 1. The number of nitrogens with one attached hydrogen (secondary N) is 2. The lowest BCUT2D eigenvalue weighted by atomic mass is 10.0. The van der Waals surface area contributed by atoms with E-state index in [1.165, 1.54) is 14.0 Å². The standard InChI is InChI=1S/C23H28ClN3O4/c1-14-21(23(30)31-3)18(26-22(14)15(2)28)12-20(29)25-13-19(27-10-6-7-11-27)16-8-4-5-9-17(16)24/h4-5,8-9,19,26H,6-7,10-13H2,1-3H3,(H,25,29)/t19-/m1/s1. The molecule has 0 saturated carbocycles. The third kappa shape index (κ3) is 5.17. The second-order valence-electron chi connectivity index (χ2n) is 7.79. The van der Waals surface area contributed by atoms with E-state index in [1.54, 1.807) is 6.92 Å². The summed E-state index contributed by atoms with van der Waals surface area (Å²) < 4.78 is 4.85. The summed E-state index contributed by atoms with van der Waals surface area (Å²) >= 11 is 6.44. The number of rotatable bonds is 8. The van der Waals surface area contributed by atoms with Gasteiger partial charge >= 0.3 is 5.97 Å². The van der Waals surface area contributed by atoms with E-state index in [2.05, 4.69) is 15.2 Å². The Morgan fingerprint density at radius 1 is 1.23 bits per heavy atom. The van der Waals surface area contributed by atoms with Crippen LogP contribution in [0.25, 0.3) is 0 Å². The van der Waals surface area contributed by atoms with Gasteiger partial charge in [0.25, 0.3) is 0 Å². The number of aromatic amines is 1. The van der Waals surface area contributed by atoms with Gasteiger partial charge in [-0.25, -0.2) is 4.79 Å². The highest BCUT2D eigenvalue weighted by Gasteiger charge is 2.27. The molecular weight excluding hydrogens is 418 g/mol. The van der Waals surface area contributed by atoms with Crippen LogP contribution in [0.1, 0.15) is 63.5 Å². The fourth-order valence-electron chi connectivity index (χ4n) is 4.19. The van der Waals surface area contributed by atoms with E-state index in [4.69, 9.17) is 16.3 Å². The molecule has 1 fully saturated rings. The molecule has 2 aromatic rings. The van der Waals surface area contributed by atoms with Crippen molar-refractivity contribution in [2.24, 2.45) is 0 Å². The molecule has 0 radical (unpaired) electrons. The van der Waals surface area contributed by atoms with Gasteiger partial charge in [-0.3, -0.25) is 14.5 Å². The van der Waals surface area contributed by atoms with Gasteiger partial charge in [-0.1, -0.05) is 29.8 Å². The number of halogens is 1. The van der Waals surface area contributed by atoms with Crippen molar-refractivity contribution in [3.8, 4) is 0 Å². The number of aromatic nitrogens is 1. The highest BCUT2D eigenvalue weighted by atomic mass is 35.5. The van der Waals surface area contributed by atoms with Gasteiger partial charge < -0.3 is 15.0 Å². The molecule has 0 aliphatic carbocycles. The first kappa shape index (κ1) is 23.0. The highest BCUT2D eigenvalue weighted by molar-refractivity contribution is 6.31. The lowest BCUT2D eigenvalue weighted by Crippen LogP contribution is -2.37. The molecule has 1 saturated heterocycles. The van der Waals surface area contributed by atoms with Gasteiger partial charge in [-0.15, -0.1) is 0 Å². The van der Waals surface area contributed by atoms with Crippen molar-refractivity contribution in [1.82, 2.24) is 15.2 Å². The topological polar surface area (TPSA) is 91.5 Å². The maximum atomic E-state index is 12.8. The maximum absolute atomic E-state index is 12.8. The molecule has 1 amide bonds. The molecule has 1 atom stereocenters. The second kappa shape index (κ2) is 10.1. The monoisotopic (exact) mass is 445 g/mol. The summed E-state index contributed by atoms with van der Waals surface area (Å²) in [5, 5.41) is 3.65. The fourth-order valence-corrected chi connectivity index (χ4v) is 4.45. The third-order valence-corrected chi connectivity index (χ3v) is 6.09. The van der Waals surface area contributed by atoms with Gasteiger partial charge in [0.2, 0.25) is 5.91 Å². The Bertz CT molecular complexity index is 979. The number of ether oxygens (including phenoxy) is 1. The molecule has 8 heteroatoms. The van der Waals surface area contributed by atoms with E-state index in [0.717, 1.165) is 31.5 Å². The number of likely N-dealkylation sites (tertiary alicyclic amines) is 1. The molecule has 1 aromatic heterocycles. The van der Waals surface area contributed by atoms with Crippen LogP contribution < -0.4 is 5.32 Å². The number of ketones is 1. The quantitative estimate of drug-likeness (QED) is 0.479. The molecule has 166 valence electrons. The Morgan fingerprint density at radius 2 is 1.90 bits per heavy atom. The molecule has 0 bridgehead atoms. The van der Waals surface area contributed by atoms with Crippen molar-refractivity contribution in [3.63, 3.8) is 0 Å². The van der Waals surface area contributed by atoms with Crippen LogP contribution in [-0.4, -0.2) is 54.3 Å². The van der Waals surface area contributed by atoms with Crippen LogP contribution in [-0.2, 0) is 16.0 Å². The van der Waals surface area contributed by atoms with Crippen molar-refractivity contribution in [3.05, 3.63) is 57.4 Å². The van der Waals surface area contributed by atoms with Crippen LogP contribution in [0, 0.1) is 6.92 Å². The van der Waals surface area contributed by atoms with Crippen LogP contribution in [0.3, 0.4) is 0 Å². The van der Waals surface area contributed by atoms with E-state index < -0.39 is 5.97 Å². The van der Waals surface area contributed by atoms with E-state index in [0.29, 0.717) is 28.5 Å². The normalized spacial score (nSPS) is 15.0. The average molecular weight is 446 g/mol. The van der Waals surface area contributed by atoms with Crippen LogP contribution in [0.5, 0.6) is 0 Å². The van der Waals surface area contributed by atoms with Gasteiger partial charge in [0.15, 0.2) is 5.78 Å². The minimum atomic E-state index is -0.574. The fraction of sp³-hybridized carbons (Fsp3) is 0.435. The lowest BCUT2D eigenvalue weighted by molar-refractivity contribution is -0.120. The smallest absolute Gasteiger partial charge is 0.339 e. The van der Waals surface area contributed by atoms with Crippen LogP contribution in [0.2, 0.25) is 5.02 Å². The minimum absolute atomic E-state index is 0.0293. The number of Topliss-reactive ketones (excluding diaryl/α,β-unsaturated/α-hetero) is 1. The molecule has 2 N–H and O–H groups in total. The molecule has 1 aromatic carbocycles. The molecule has 0 spiro atoms. The predicted octanol–water partition coefficient (Wildman–Crippen LogP) is 3.46. The van der Waals surface area contributed by atoms with Gasteiger partial charge in [-0.2, -0.15) is 0 Å². The van der Waals surface area contributed by atoms with Gasteiger partial charge in [0.1, 0.15) is 0 Å². The van der Waals surface area contributed by atoms with Gasteiger partial charge in [0, 0.05) is 24.2 Å². The Hall–Kier alpha value is -2.64. The van der Waals surface area contributed by atoms with Crippen LogP contribution >= 0.6 is 11.6 Å². The maximum Gasteiger partial charge on any atom is 0.339 e. The zero-order valence-electron chi connectivity index (χ0n) is 18.1. The summed E-state index contributed by atoms with van der Waals surface area (Å²) in [5.41, 5.74) is 2.41. The van der Waals surface area contributed by atoms with Gasteiger partial charge in [0.05, 0.1) is 30.8 Å². The number of nitrogens with zero attached hydrogens (tertiary/aromatic N) is 1. The Balaban J connectivity index is 1.77. The van der Waals surface area contributed by atoms with Crippen molar-refractivity contribution < 1.29 is 19.1 Å². The molecule has 7 nitrogen and oxygen atoms in total. The number of hydrogen-bond acceptors (Lipinski definition) is 5. The van der Waals surface area contributed by atoms with E-state index >= 15 is 0 Å². The number of carbonyl (C=O) groups excluding carboxylic acids is 3. The van der Waals surface area contributed by atoms with Crippen LogP contribution in [0.4, 0.5) is 0 Å². The zero-order chi connectivity index (χ0) is 22.5. The van der Waals surface area contributed by atoms with Crippen LogP contribution in [0.15, 0.2) is 24.3 Å². The Labute approximate surface area is 187 Å². The first-order chi connectivity index (χ1) is 14.8. The summed E-state index contributed by atoms with van der Waals surface area (Å²) in [6.07, 6.45) is 2.17. The lowest BCUT2D eigenvalue weighted by Gasteiger charge is -2.29. The van der Waals surface area contributed by atoms with Crippen molar-refractivity contribution >= 4 is 29.3 Å². The van der Waals surface area contributed by atoms with Crippen molar-refractivity contribution in [1.29, 1.82) is 0 Å². The first-order valence-corrected chi connectivity index (χ1v) is 10.8. The number of carbonyl (C=O) groups is 3. The third-order valence-electron chi connectivity index (χ3n) is 5.74. The summed E-state index contributed by atoms with van der Waals surface area (Å²) in [7, 11) is 1.27. The summed E-state index contributed by atoms with van der Waals surface area (Å²) in [4.78, 5) is 42.2. The molecule has 1 aliphatic heterocycles. The average Bonchev–Trinajstić information content (AvgIpc) is 3.37. The zero-order valence-corrected chi connectivity index (χ0v) is 18.8. The van der Waals surface area contributed by atoms with E-state index in [1.807, 2.05) is 24.3 Å². The van der Waals surface area contributed by atoms with Crippen molar-refractivity contribution in [2.45, 2.75) is 39.2 Å². The van der Waals surface area contributed by atoms with Crippen molar-refractivity contribution in [2.75, 3.05) is 26.7 Å². The number of amides is 1. The molecule has 31 heavy (non-hydrogen) atoms. The number of esters is 1. The summed E-state index contributed by atoms with van der Waals surface area (Å²) in [5.74, 6) is -1.03. The van der Waals surface area contributed by atoms with E-state index in [9.17, 15) is 14.4 Å². The highest BCUT2D eigenvalue weighted by Crippen LogP contribution is 2.30. The summed E-state index contributed by atoms with van der Waals surface area (Å²) in [6.45, 7) is 5.39. The SMILES string of the molecule is COC(=O)c1c(CC(=O)NC[C@H](c2ccccc2Cl)N2CCCC2)[nH]c(C(C)=O)c1C. The number of methoxy groups -OCH3 is 1. The van der Waals surface area contributed by atoms with Gasteiger partial charge in [-0.05, 0) is 50.0 Å². The second-order valence-corrected chi connectivity index (χ2v) is 8.19. The molecule has 3 rings (SSSR count). The molecular formula is C23H28ClN3O4. The molecule has 0 unspecified atom stereocenters.